The van der Waals surface area contributed by atoms with Crippen molar-refractivity contribution < 1.29 is 9.53 Å². The molecule has 0 spiro atoms. The number of carbonyl (C=O) groups excluding carboxylic acids is 1. The maximum atomic E-state index is 12.8. The second kappa shape index (κ2) is 9.15. The lowest BCUT2D eigenvalue weighted by molar-refractivity contribution is 0.00158. The Balaban J connectivity index is 1.28. The van der Waals surface area contributed by atoms with E-state index in [0.717, 1.165) is 52.2 Å². The fourth-order valence-corrected chi connectivity index (χ4v) is 3.87. The van der Waals surface area contributed by atoms with Gasteiger partial charge in [-0.05, 0) is 25.0 Å². The van der Waals surface area contributed by atoms with Crippen molar-refractivity contribution in [3.05, 3.63) is 52.3 Å². The number of anilines is 1. The van der Waals surface area contributed by atoms with Gasteiger partial charge in [-0.1, -0.05) is 0 Å². The Bertz CT molecular complexity index is 870. The minimum atomic E-state index is -0.192. The molecule has 9 heteroatoms. The summed E-state index contributed by atoms with van der Waals surface area (Å²) in [6, 6.07) is 5.55. The molecule has 2 N–H and O–H groups in total. The zero-order valence-electron chi connectivity index (χ0n) is 16.3. The largest absolute Gasteiger partial charge is 0.379 e. The van der Waals surface area contributed by atoms with Crippen molar-refractivity contribution in [1.29, 1.82) is 0 Å². The summed E-state index contributed by atoms with van der Waals surface area (Å²) in [5, 5.41) is 3.11. The highest BCUT2D eigenvalue weighted by Crippen LogP contribution is 2.19. The van der Waals surface area contributed by atoms with E-state index in [4.69, 9.17) is 4.74 Å². The minimum Gasteiger partial charge on any atom is -0.379 e. The molecular formula is C20H26N6O3. The molecule has 0 aliphatic carbocycles. The van der Waals surface area contributed by atoms with Crippen molar-refractivity contribution in [3.63, 3.8) is 0 Å². The summed E-state index contributed by atoms with van der Waals surface area (Å²) in [5.74, 6) is 0.662. The van der Waals surface area contributed by atoms with E-state index < -0.39 is 0 Å². The minimum absolute atomic E-state index is 0.0285. The first kappa shape index (κ1) is 19.5. The van der Waals surface area contributed by atoms with Crippen LogP contribution in [0.4, 0.5) is 5.82 Å². The number of likely N-dealkylation sites (tertiary alicyclic amines) is 1. The maximum absolute atomic E-state index is 12.8. The van der Waals surface area contributed by atoms with Crippen molar-refractivity contribution in [2.45, 2.75) is 25.4 Å². The molecule has 1 amide bonds. The van der Waals surface area contributed by atoms with Crippen LogP contribution in [0.1, 0.15) is 28.9 Å². The molecule has 0 saturated carbocycles. The molecule has 0 bridgehead atoms. The van der Waals surface area contributed by atoms with E-state index in [0.29, 0.717) is 29.7 Å². The van der Waals surface area contributed by atoms with Gasteiger partial charge in [-0.3, -0.25) is 14.5 Å². The van der Waals surface area contributed by atoms with E-state index >= 15 is 0 Å². The number of amides is 1. The molecule has 2 aliphatic rings. The van der Waals surface area contributed by atoms with Crippen LogP contribution in [0, 0.1) is 0 Å². The van der Waals surface area contributed by atoms with Crippen molar-refractivity contribution in [2.24, 2.45) is 0 Å². The molecule has 2 aromatic heterocycles. The van der Waals surface area contributed by atoms with Gasteiger partial charge >= 0.3 is 0 Å². The van der Waals surface area contributed by atoms with Crippen LogP contribution in [0.5, 0.6) is 0 Å². The summed E-state index contributed by atoms with van der Waals surface area (Å²) in [7, 11) is 0. The first-order chi connectivity index (χ1) is 14.2. The van der Waals surface area contributed by atoms with Gasteiger partial charge in [0.1, 0.15) is 5.82 Å². The second-order valence-electron chi connectivity index (χ2n) is 7.36. The van der Waals surface area contributed by atoms with Crippen LogP contribution in [0.2, 0.25) is 0 Å². The summed E-state index contributed by atoms with van der Waals surface area (Å²) in [6.07, 6.45) is 4.98. The van der Waals surface area contributed by atoms with Crippen LogP contribution in [-0.4, -0.2) is 76.1 Å². The summed E-state index contributed by atoms with van der Waals surface area (Å²) < 4.78 is 5.43. The SMILES string of the molecule is O=C(c1ccc(NCc2cc(=O)[nH]cn2)nc1)N1CCC(N2CCOCC2)CC1. The molecule has 2 saturated heterocycles. The number of nitrogens with zero attached hydrogens (tertiary/aromatic N) is 4. The summed E-state index contributed by atoms with van der Waals surface area (Å²) >= 11 is 0. The lowest BCUT2D eigenvalue weighted by atomic mass is 10.0. The van der Waals surface area contributed by atoms with Gasteiger partial charge < -0.3 is 19.9 Å². The number of H-pyrrole nitrogens is 1. The van der Waals surface area contributed by atoms with E-state index in [2.05, 4.69) is 25.2 Å². The third-order valence-electron chi connectivity index (χ3n) is 5.51. The molecule has 2 aromatic rings. The Hall–Kier alpha value is -2.78. The summed E-state index contributed by atoms with van der Waals surface area (Å²) in [6.45, 7) is 5.53. The second-order valence-corrected chi connectivity index (χ2v) is 7.36. The molecule has 0 aromatic carbocycles. The molecule has 9 nitrogen and oxygen atoms in total. The monoisotopic (exact) mass is 398 g/mol. The normalized spacial score (nSPS) is 18.6. The van der Waals surface area contributed by atoms with Gasteiger partial charge in [-0.15, -0.1) is 0 Å². The Morgan fingerprint density at radius 2 is 1.97 bits per heavy atom. The molecule has 29 heavy (non-hydrogen) atoms. The molecule has 4 heterocycles. The first-order valence-electron chi connectivity index (χ1n) is 10.0. The van der Waals surface area contributed by atoms with Gasteiger partial charge in [0.25, 0.3) is 11.5 Å². The third-order valence-corrected chi connectivity index (χ3v) is 5.51. The van der Waals surface area contributed by atoms with Crippen molar-refractivity contribution >= 4 is 11.7 Å². The highest BCUT2D eigenvalue weighted by atomic mass is 16.5. The van der Waals surface area contributed by atoms with E-state index in [9.17, 15) is 9.59 Å². The van der Waals surface area contributed by atoms with Gasteiger partial charge in [0, 0.05) is 44.5 Å². The average molecular weight is 398 g/mol. The molecule has 0 unspecified atom stereocenters. The number of carbonyl (C=O) groups is 1. The van der Waals surface area contributed by atoms with E-state index in [1.807, 2.05) is 4.90 Å². The predicted octanol–water partition coefficient (Wildman–Crippen LogP) is 0.714. The zero-order chi connectivity index (χ0) is 20.1. The van der Waals surface area contributed by atoms with Gasteiger partial charge in [-0.2, -0.15) is 0 Å². The van der Waals surface area contributed by atoms with Crippen LogP contribution in [0.15, 0.2) is 35.5 Å². The quantitative estimate of drug-likeness (QED) is 0.765. The molecule has 4 rings (SSSR count). The van der Waals surface area contributed by atoms with Crippen LogP contribution in [0.3, 0.4) is 0 Å². The molecule has 2 fully saturated rings. The number of aromatic nitrogens is 3. The number of ether oxygens (including phenoxy) is 1. The summed E-state index contributed by atoms with van der Waals surface area (Å²) in [5.41, 5.74) is 1.02. The Labute approximate surface area is 169 Å². The van der Waals surface area contributed by atoms with E-state index in [1.165, 1.54) is 12.4 Å². The van der Waals surface area contributed by atoms with Crippen molar-refractivity contribution in [3.8, 4) is 0 Å². The van der Waals surface area contributed by atoms with Gasteiger partial charge in [-0.25, -0.2) is 9.97 Å². The average Bonchev–Trinajstić information content (AvgIpc) is 2.78. The van der Waals surface area contributed by atoms with Gasteiger partial charge in [0.2, 0.25) is 0 Å². The fraction of sp³-hybridized carbons (Fsp3) is 0.500. The highest BCUT2D eigenvalue weighted by Gasteiger charge is 2.28. The standard InChI is InChI=1S/C20H26N6O3/c27-19-11-16(23-14-24-19)13-22-18-2-1-15(12-21-18)20(28)26-5-3-17(4-6-26)25-7-9-29-10-8-25/h1-2,11-12,14,17H,3-10,13H2,(H,21,22)(H,23,24,27). The van der Waals surface area contributed by atoms with Gasteiger partial charge in [0.15, 0.2) is 0 Å². The number of hydrogen-bond acceptors (Lipinski definition) is 7. The zero-order valence-corrected chi connectivity index (χ0v) is 16.3. The number of piperidine rings is 1. The Morgan fingerprint density at radius 3 is 2.66 bits per heavy atom. The first-order valence-corrected chi connectivity index (χ1v) is 10.0. The molecule has 0 atom stereocenters. The number of aromatic amines is 1. The highest BCUT2D eigenvalue weighted by molar-refractivity contribution is 5.94. The Kier molecular flexibility index (Phi) is 6.16. The predicted molar refractivity (Wildman–Crippen MR) is 108 cm³/mol. The number of rotatable bonds is 5. The third kappa shape index (κ3) is 4.99. The lowest BCUT2D eigenvalue weighted by Gasteiger charge is -2.40. The van der Waals surface area contributed by atoms with Crippen molar-refractivity contribution in [2.75, 3.05) is 44.7 Å². The number of nitrogens with one attached hydrogen (secondary N) is 2. The Morgan fingerprint density at radius 1 is 1.17 bits per heavy atom. The van der Waals surface area contributed by atoms with Crippen LogP contribution in [-0.2, 0) is 11.3 Å². The molecule has 154 valence electrons. The topological polar surface area (TPSA) is 103 Å². The lowest BCUT2D eigenvalue weighted by Crippen LogP contribution is -2.50. The van der Waals surface area contributed by atoms with E-state index in [-0.39, 0.29) is 11.5 Å². The van der Waals surface area contributed by atoms with Gasteiger partial charge in [0.05, 0.1) is 37.3 Å². The van der Waals surface area contributed by atoms with Crippen LogP contribution >= 0.6 is 0 Å². The molecule has 2 aliphatic heterocycles. The maximum Gasteiger partial charge on any atom is 0.255 e. The fourth-order valence-electron chi connectivity index (χ4n) is 3.87. The van der Waals surface area contributed by atoms with Crippen LogP contribution in [0.25, 0.3) is 0 Å². The van der Waals surface area contributed by atoms with Crippen molar-refractivity contribution in [1.82, 2.24) is 24.8 Å². The molecular weight excluding hydrogens is 372 g/mol. The smallest absolute Gasteiger partial charge is 0.255 e. The number of morpholine rings is 1. The number of hydrogen-bond donors (Lipinski definition) is 2. The summed E-state index contributed by atoms with van der Waals surface area (Å²) in [4.78, 5) is 39.4. The number of pyridine rings is 1. The molecule has 0 radical (unpaired) electrons. The van der Waals surface area contributed by atoms with E-state index in [1.54, 1.807) is 18.3 Å². The van der Waals surface area contributed by atoms with Crippen LogP contribution < -0.4 is 10.9 Å².